The fraction of sp³-hybridized carbons (Fsp3) is 0.194. The number of fused-ring (bicyclic) bond motifs is 1. The van der Waals surface area contributed by atoms with E-state index in [2.05, 4.69) is 16.4 Å². The third-order valence-corrected chi connectivity index (χ3v) is 6.07. The summed E-state index contributed by atoms with van der Waals surface area (Å²) in [7, 11) is 1.92. The number of rotatable bonds is 11. The van der Waals surface area contributed by atoms with E-state index in [-0.39, 0.29) is 31.4 Å². The average molecular weight is 599 g/mol. The maximum Gasteiger partial charge on any atom is 0.328 e. The van der Waals surface area contributed by atoms with Crippen LogP contribution in [-0.4, -0.2) is 61.7 Å². The summed E-state index contributed by atoms with van der Waals surface area (Å²) in [6.07, 6.45) is 2.78. The molecule has 2 heterocycles. The summed E-state index contributed by atoms with van der Waals surface area (Å²) < 4.78 is 6.99. The average Bonchev–Trinajstić information content (AvgIpc) is 3.34. The molecule has 0 saturated heterocycles. The zero-order chi connectivity index (χ0) is 32.1. The topological polar surface area (TPSA) is 188 Å². The molecule has 0 bridgehead atoms. The number of nitrogens with one attached hydrogen (secondary N) is 1. The van der Waals surface area contributed by atoms with Crippen LogP contribution in [0, 0.1) is 11.3 Å². The molecule has 4 rings (SSSR count). The van der Waals surface area contributed by atoms with Crippen molar-refractivity contribution in [1.29, 1.82) is 5.26 Å². The number of aryl methyl sites for hydroxylation is 1. The van der Waals surface area contributed by atoms with Gasteiger partial charge in [0.05, 0.1) is 42.2 Å². The first-order valence-corrected chi connectivity index (χ1v) is 13.3. The SMILES string of the molecule is CCOC(=O)CCN(C(=O)c1ccc2c(c1)nc(CNc1ccc(C#N)cc1)n2C)c1ccccn1.O=C(O)C=CC(=O)O. The molecule has 4 aromatic rings. The second-order valence-electron chi connectivity index (χ2n) is 9.04. The highest BCUT2D eigenvalue weighted by atomic mass is 16.5. The van der Waals surface area contributed by atoms with E-state index in [1.54, 1.807) is 55.6 Å². The number of carboxylic acid groups (broad SMARTS) is 2. The van der Waals surface area contributed by atoms with Crippen LogP contribution >= 0.6 is 0 Å². The summed E-state index contributed by atoms with van der Waals surface area (Å²) in [6, 6.07) is 20.0. The first-order chi connectivity index (χ1) is 21.1. The Morgan fingerprint density at radius 1 is 1.05 bits per heavy atom. The van der Waals surface area contributed by atoms with Crippen molar-refractivity contribution in [1.82, 2.24) is 14.5 Å². The lowest BCUT2D eigenvalue weighted by Gasteiger charge is -2.21. The standard InChI is InChI=1S/C27H26N6O3.C4H4O4/c1-3-36-26(34)13-15-33(24-6-4-5-14-29-24)27(35)20-9-12-23-22(16-20)31-25(32(23)2)18-30-21-10-7-19(17-28)8-11-21;5-3(6)1-2-4(7)8/h4-12,14,16,30H,3,13,15,18H2,1-2H3;1-2H,(H,5,6)(H,7,8). The monoisotopic (exact) mass is 598 g/mol. The van der Waals surface area contributed by atoms with Crippen LogP contribution < -0.4 is 10.2 Å². The predicted molar refractivity (Wildman–Crippen MR) is 161 cm³/mol. The number of carbonyl (C=O) groups is 4. The van der Waals surface area contributed by atoms with E-state index in [1.165, 1.54) is 4.90 Å². The molecule has 226 valence electrons. The summed E-state index contributed by atoms with van der Waals surface area (Å²) >= 11 is 0. The molecule has 0 spiro atoms. The van der Waals surface area contributed by atoms with E-state index in [0.717, 1.165) is 17.0 Å². The number of pyridine rings is 1. The Labute approximate surface area is 252 Å². The van der Waals surface area contributed by atoms with Gasteiger partial charge in [-0.3, -0.25) is 14.5 Å². The number of imidazole rings is 1. The van der Waals surface area contributed by atoms with Crippen molar-refractivity contribution < 1.29 is 34.1 Å². The highest BCUT2D eigenvalue weighted by Crippen LogP contribution is 2.21. The van der Waals surface area contributed by atoms with E-state index in [1.807, 2.05) is 29.8 Å². The Morgan fingerprint density at radius 2 is 1.75 bits per heavy atom. The van der Waals surface area contributed by atoms with Gasteiger partial charge in [-0.2, -0.15) is 5.26 Å². The number of nitriles is 1. The van der Waals surface area contributed by atoms with Gasteiger partial charge in [-0.1, -0.05) is 6.07 Å². The van der Waals surface area contributed by atoms with Gasteiger partial charge in [-0.15, -0.1) is 0 Å². The lowest BCUT2D eigenvalue weighted by Crippen LogP contribution is -2.34. The lowest BCUT2D eigenvalue weighted by molar-refractivity contribution is -0.142. The number of anilines is 2. The number of amides is 1. The van der Waals surface area contributed by atoms with Gasteiger partial charge in [0, 0.05) is 43.2 Å². The number of benzene rings is 2. The molecule has 0 unspecified atom stereocenters. The van der Waals surface area contributed by atoms with Crippen molar-refractivity contribution in [2.75, 3.05) is 23.4 Å². The Balaban J connectivity index is 0.000000583. The molecule has 0 saturated carbocycles. The molecule has 13 nitrogen and oxygen atoms in total. The van der Waals surface area contributed by atoms with Crippen LogP contribution in [0.1, 0.15) is 35.1 Å². The fourth-order valence-corrected chi connectivity index (χ4v) is 3.95. The van der Waals surface area contributed by atoms with Crippen molar-refractivity contribution >= 4 is 46.4 Å². The molecule has 44 heavy (non-hydrogen) atoms. The van der Waals surface area contributed by atoms with Crippen molar-refractivity contribution in [2.45, 2.75) is 19.9 Å². The molecule has 3 N–H and O–H groups in total. The molecule has 2 aromatic heterocycles. The second kappa shape index (κ2) is 15.8. The number of carbonyl (C=O) groups excluding carboxylic acids is 2. The van der Waals surface area contributed by atoms with Crippen LogP contribution in [0.4, 0.5) is 11.5 Å². The van der Waals surface area contributed by atoms with Crippen molar-refractivity contribution in [3.8, 4) is 6.07 Å². The minimum Gasteiger partial charge on any atom is -0.478 e. The third kappa shape index (κ3) is 9.25. The first kappa shape index (κ1) is 32.5. The number of ether oxygens (including phenoxy) is 1. The predicted octanol–water partition coefficient (Wildman–Crippen LogP) is 3.76. The highest BCUT2D eigenvalue weighted by molar-refractivity contribution is 6.07. The van der Waals surface area contributed by atoms with Gasteiger partial charge in [0.1, 0.15) is 11.6 Å². The molecule has 0 aliphatic rings. The fourth-order valence-electron chi connectivity index (χ4n) is 3.95. The molecular weight excluding hydrogens is 568 g/mol. The van der Waals surface area contributed by atoms with Gasteiger partial charge in [0.25, 0.3) is 5.91 Å². The third-order valence-electron chi connectivity index (χ3n) is 6.07. The van der Waals surface area contributed by atoms with E-state index in [4.69, 9.17) is 25.2 Å². The molecule has 1 amide bonds. The molecule has 13 heteroatoms. The van der Waals surface area contributed by atoms with E-state index >= 15 is 0 Å². The molecule has 0 aliphatic carbocycles. The molecular formula is C31H30N6O7. The Bertz CT molecular complexity index is 1680. The number of aliphatic carboxylic acids is 2. The summed E-state index contributed by atoms with van der Waals surface area (Å²) in [6.45, 7) is 2.65. The second-order valence-corrected chi connectivity index (χ2v) is 9.04. The van der Waals surface area contributed by atoms with Gasteiger partial charge in [-0.05, 0) is 61.5 Å². The van der Waals surface area contributed by atoms with Crippen LogP contribution in [0.3, 0.4) is 0 Å². The van der Waals surface area contributed by atoms with Gasteiger partial charge in [0.2, 0.25) is 0 Å². The Kier molecular flexibility index (Phi) is 11.7. The van der Waals surface area contributed by atoms with Gasteiger partial charge >= 0.3 is 17.9 Å². The quantitative estimate of drug-likeness (QED) is 0.168. The summed E-state index contributed by atoms with van der Waals surface area (Å²) in [5, 5.41) is 27.9. The van der Waals surface area contributed by atoms with Crippen molar-refractivity contribution in [2.24, 2.45) is 7.05 Å². The smallest absolute Gasteiger partial charge is 0.328 e. The summed E-state index contributed by atoms with van der Waals surface area (Å²) in [5.41, 5.74) is 3.50. The van der Waals surface area contributed by atoms with Gasteiger partial charge in [0.15, 0.2) is 0 Å². The molecule has 0 fully saturated rings. The highest BCUT2D eigenvalue weighted by Gasteiger charge is 2.21. The normalized spacial score (nSPS) is 10.4. The number of carboxylic acids is 2. The van der Waals surface area contributed by atoms with Gasteiger partial charge in [-0.25, -0.2) is 19.6 Å². The molecule has 2 aromatic carbocycles. The molecule has 0 aliphatic heterocycles. The number of esters is 1. The van der Waals surface area contributed by atoms with Crippen LogP contribution in [0.2, 0.25) is 0 Å². The van der Waals surface area contributed by atoms with Gasteiger partial charge < -0.3 is 24.8 Å². The molecule has 0 atom stereocenters. The van der Waals surface area contributed by atoms with Crippen molar-refractivity contribution in [3.63, 3.8) is 0 Å². The van der Waals surface area contributed by atoms with Crippen molar-refractivity contribution in [3.05, 3.63) is 96.0 Å². The Hall–Kier alpha value is -6.03. The minimum atomic E-state index is -1.26. The summed E-state index contributed by atoms with van der Waals surface area (Å²) in [5.74, 6) is -1.91. The van der Waals surface area contributed by atoms with Crippen LogP contribution in [0.25, 0.3) is 11.0 Å². The van der Waals surface area contributed by atoms with E-state index in [0.29, 0.717) is 41.2 Å². The minimum absolute atomic E-state index is 0.0626. The van der Waals surface area contributed by atoms with E-state index < -0.39 is 11.9 Å². The zero-order valence-electron chi connectivity index (χ0n) is 24.0. The number of hydrogen-bond acceptors (Lipinski definition) is 9. The largest absolute Gasteiger partial charge is 0.478 e. The maximum absolute atomic E-state index is 13.5. The lowest BCUT2D eigenvalue weighted by atomic mass is 10.1. The van der Waals surface area contributed by atoms with Crippen LogP contribution in [-0.2, 0) is 32.7 Å². The number of hydrogen-bond donors (Lipinski definition) is 3. The number of aromatic nitrogens is 3. The number of nitrogens with zero attached hydrogens (tertiary/aromatic N) is 5. The molecule has 0 radical (unpaired) electrons. The van der Waals surface area contributed by atoms with E-state index in [9.17, 15) is 19.2 Å². The van der Waals surface area contributed by atoms with Crippen LogP contribution in [0.5, 0.6) is 0 Å². The zero-order valence-corrected chi connectivity index (χ0v) is 24.0. The first-order valence-electron chi connectivity index (χ1n) is 13.3. The summed E-state index contributed by atoms with van der Waals surface area (Å²) in [4.78, 5) is 55.0. The van der Waals surface area contributed by atoms with Crippen LogP contribution in [0.15, 0.2) is 79.0 Å². The Morgan fingerprint density at radius 3 is 2.34 bits per heavy atom. The maximum atomic E-state index is 13.5.